The first-order chi connectivity index (χ1) is 9.61. The quantitative estimate of drug-likeness (QED) is 0.658. The number of carbonyl (C=O) groups is 1. The van der Waals surface area contributed by atoms with Crippen LogP contribution >= 0.6 is 0 Å². The van der Waals surface area contributed by atoms with Crippen molar-refractivity contribution < 1.29 is 4.79 Å². The molecule has 0 atom stereocenters. The maximum absolute atomic E-state index is 11.5. The van der Waals surface area contributed by atoms with E-state index in [0.717, 1.165) is 42.4 Å². The molecule has 0 aromatic carbocycles. The zero-order valence-electron chi connectivity index (χ0n) is 12.4. The minimum Gasteiger partial charge on any atom is -0.370 e. The summed E-state index contributed by atoms with van der Waals surface area (Å²) in [6, 6.07) is 0. The van der Waals surface area contributed by atoms with Gasteiger partial charge in [-0.3, -0.25) is 4.79 Å². The van der Waals surface area contributed by atoms with Crippen LogP contribution in [0.5, 0.6) is 0 Å². The van der Waals surface area contributed by atoms with Crippen LogP contribution in [-0.4, -0.2) is 35.5 Å². The number of nitrogens with zero attached hydrogens (tertiary/aromatic N) is 2. The van der Waals surface area contributed by atoms with Crippen molar-refractivity contribution in [3.05, 3.63) is 11.4 Å². The second-order valence-corrected chi connectivity index (χ2v) is 5.12. The third kappa shape index (κ3) is 3.82. The number of hydrogen-bond donors (Lipinski definition) is 3. The zero-order chi connectivity index (χ0) is 14.5. The van der Waals surface area contributed by atoms with Gasteiger partial charge >= 0.3 is 0 Å². The predicted octanol–water partition coefficient (Wildman–Crippen LogP) is 1.46. The molecule has 110 valence electrons. The molecular weight excluding hydrogens is 254 g/mol. The molecule has 3 N–H and O–H groups in total. The van der Waals surface area contributed by atoms with Crippen molar-refractivity contribution >= 4 is 17.5 Å². The van der Waals surface area contributed by atoms with E-state index in [1.165, 1.54) is 0 Å². The van der Waals surface area contributed by atoms with Gasteiger partial charge in [-0.25, -0.2) is 9.97 Å². The van der Waals surface area contributed by atoms with Gasteiger partial charge in [0.2, 0.25) is 5.91 Å². The first-order valence-corrected chi connectivity index (χ1v) is 7.22. The summed E-state index contributed by atoms with van der Waals surface area (Å²) < 4.78 is 0. The number of rotatable bonds is 7. The molecule has 1 aliphatic carbocycles. The van der Waals surface area contributed by atoms with Crippen LogP contribution in [-0.2, 0) is 4.79 Å². The molecule has 20 heavy (non-hydrogen) atoms. The molecule has 6 nitrogen and oxygen atoms in total. The highest BCUT2D eigenvalue weighted by molar-refractivity contribution is 5.80. The highest BCUT2D eigenvalue weighted by atomic mass is 16.2. The molecule has 1 aromatic heterocycles. The largest absolute Gasteiger partial charge is 0.370 e. The van der Waals surface area contributed by atoms with Crippen molar-refractivity contribution in [3.63, 3.8) is 0 Å². The number of anilines is 2. The number of aryl methyl sites for hydroxylation is 1. The number of aromatic nitrogens is 2. The number of nitrogens with one attached hydrogen (secondary N) is 3. The van der Waals surface area contributed by atoms with Gasteiger partial charge in [-0.15, -0.1) is 0 Å². The Bertz CT molecular complexity index is 485. The second-order valence-electron chi connectivity index (χ2n) is 5.12. The van der Waals surface area contributed by atoms with Gasteiger partial charge in [0.25, 0.3) is 0 Å². The van der Waals surface area contributed by atoms with E-state index in [0.29, 0.717) is 13.1 Å². The summed E-state index contributed by atoms with van der Waals surface area (Å²) in [4.78, 5) is 20.3. The summed E-state index contributed by atoms with van der Waals surface area (Å²) in [5.41, 5.74) is 1.01. The maximum atomic E-state index is 11.5. The van der Waals surface area contributed by atoms with E-state index in [1.54, 1.807) is 0 Å². The van der Waals surface area contributed by atoms with Gasteiger partial charge in [0.1, 0.15) is 17.5 Å². The van der Waals surface area contributed by atoms with Crippen LogP contribution in [0.25, 0.3) is 0 Å². The van der Waals surface area contributed by atoms with Crippen LogP contribution in [0.1, 0.15) is 31.2 Å². The molecular formula is C14H23N5O. The Hall–Kier alpha value is -1.85. The van der Waals surface area contributed by atoms with Gasteiger partial charge in [0.05, 0.1) is 0 Å². The van der Waals surface area contributed by atoms with Crippen molar-refractivity contribution in [2.75, 3.05) is 30.3 Å². The number of carbonyl (C=O) groups excluding carboxylic acids is 1. The first-order valence-electron chi connectivity index (χ1n) is 7.22. The fourth-order valence-electron chi connectivity index (χ4n) is 2.00. The van der Waals surface area contributed by atoms with Gasteiger partial charge in [-0.2, -0.15) is 0 Å². The number of hydrogen-bond acceptors (Lipinski definition) is 5. The molecule has 1 fully saturated rings. The lowest BCUT2D eigenvalue weighted by molar-refractivity contribution is -0.122. The average Bonchev–Trinajstić information content (AvgIpc) is 3.24. The summed E-state index contributed by atoms with van der Waals surface area (Å²) in [7, 11) is 0. The molecule has 0 aliphatic heterocycles. The normalized spacial score (nSPS) is 13.9. The fourth-order valence-corrected chi connectivity index (χ4v) is 2.00. The van der Waals surface area contributed by atoms with Gasteiger partial charge in [-0.1, -0.05) is 0 Å². The van der Waals surface area contributed by atoms with Gasteiger partial charge in [0.15, 0.2) is 0 Å². The lowest BCUT2D eigenvalue weighted by atomic mass is 10.3. The lowest BCUT2D eigenvalue weighted by Crippen LogP contribution is -2.30. The molecule has 0 unspecified atom stereocenters. The summed E-state index contributed by atoms with van der Waals surface area (Å²) in [5.74, 6) is 2.86. The average molecular weight is 277 g/mol. The minimum absolute atomic E-state index is 0.177. The number of amides is 1. The summed E-state index contributed by atoms with van der Waals surface area (Å²) in [6.45, 7) is 8.02. The molecule has 1 saturated carbocycles. The molecule has 1 heterocycles. The Morgan fingerprint density at radius 3 is 2.40 bits per heavy atom. The van der Waals surface area contributed by atoms with E-state index in [-0.39, 0.29) is 11.8 Å². The van der Waals surface area contributed by atoms with Crippen LogP contribution < -0.4 is 16.0 Å². The van der Waals surface area contributed by atoms with Crippen molar-refractivity contribution in [2.45, 2.75) is 33.6 Å². The van der Waals surface area contributed by atoms with Crippen LogP contribution in [0.3, 0.4) is 0 Å². The molecule has 1 aliphatic rings. The molecule has 0 radical (unpaired) electrons. The third-order valence-electron chi connectivity index (χ3n) is 3.27. The Morgan fingerprint density at radius 1 is 1.15 bits per heavy atom. The van der Waals surface area contributed by atoms with Crippen molar-refractivity contribution in [3.8, 4) is 0 Å². The van der Waals surface area contributed by atoms with Crippen molar-refractivity contribution in [2.24, 2.45) is 5.92 Å². The smallest absolute Gasteiger partial charge is 0.223 e. The molecule has 2 rings (SSSR count). The van der Waals surface area contributed by atoms with Crippen molar-refractivity contribution in [1.82, 2.24) is 15.3 Å². The monoisotopic (exact) mass is 277 g/mol. The Kier molecular flexibility index (Phi) is 4.76. The van der Waals surface area contributed by atoms with Gasteiger partial charge < -0.3 is 16.0 Å². The highest BCUT2D eigenvalue weighted by Crippen LogP contribution is 2.28. The van der Waals surface area contributed by atoms with E-state index < -0.39 is 0 Å². The molecule has 6 heteroatoms. The third-order valence-corrected chi connectivity index (χ3v) is 3.27. The van der Waals surface area contributed by atoms with Gasteiger partial charge in [0, 0.05) is 31.1 Å². The summed E-state index contributed by atoms with van der Waals surface area (Å²) in [6.07, 6.45) is 2.07. The minimum atomic E-state index is 0.177. The fraction of sp³-hybridized carbons (Fsp3) is 0.643. The molecule has 0 spiro atoms. The molecule has 1 amide bonds. The molecule has 0 bridgehead atoms. The topological polar surface area (TPSA) is 78.9 Å². The first kappa shape index (κ1) is 14.6. The van der Waals surface area contributed by atoms with Crippen LogP contribution in [0.4, 0.5) is 11.6 Å². The summed E-state index contributed by atoms with van der Waals surface area (Å²) in [5, 5.41) is 9.42. The predicted molar refractivity (Wildman–Crippen MR) is 79.9 cm³/mol. The van der Waals surface area contributed by atoms with Crippen LogP contribution in [0, 0.1) is 19.8 Å². The van der Waals surface area contributed by atoms with Gasteiger partial charge in [-0.05, 0) is 33.6 Å². The second kappa shape index (κ2) is 6.54. The Labute approximate surface area is 119 Å². The van der Waals surface area contributed by atoms with Crippen LogP contribution in [0.15, 0.2) is 0 Å². The highest BCUT2D eigenvalue weighted by Gasteiger charge is 2.28. The molecule has 1 aromatic rings. The SMILES string of the molecule is CCNc1nc(C)nc(NCCNC(=O)C2CC2)c1C. The van der Waals surface area contributed by atoms with E-state index in [1.807, 2.05) is 20.8 Å². The molecule has 0 saturated heterocycles. The maximum Gasteiger partial charge on any atom is 0.223 e. The van der Waals surface area contributed by atoms with Crippen molar-refractivity contribution in [1.29, 1.82) is 0 Å². The van der Waals surface area contributed by atoms with E-state index in [9.17, 15) is 4.79 Å². The zero-order valence-corrected chi connectivity index (χ0v) is 12.4. The van der Waals surface area contributed by atoms with E-state index in [2.05, 4.69) is 25.9 Å². The summed E-state index contributed by atoms with van der Waals surface area (Å²) >= 11 is 0. The van der Waals surface area contributed by atoms with E-state index in [4.69, 9.17) is 0 Å². The van der Waals surface area contributed by atoms with Crippen LogP contribution in [0.2, 0.25) is 0 Å². The Morgan fingerprint density at radius 2 is 1.80 bits per heavy atom. The standard InChI is InChI=1S/C14H23N5O/c1-4-15-12-9(2)13(19-10(3)18-12)16-7-8-17-14(20)11-5-6-11/h11H,4-8H2,1-3H3,(H,17,20)(H2,15,16,18,19). The van der Waals surface area contributed by atoms with E-state index >= 15 is 0 Å². The lowest BCUT2D eigenvalue weighted by Gasteiger charge is -2.13. The Balaban J connectivity index is 1.86.